The normalized spacial score (nSPS) is 18.2. The van der Waals surface area contributed by atoms with E-state index in [1.807, 2.05) is 0 Å². The highest BCUT2D eigenvalue weighted by Gasteiger charge is 2.58. The Morgan fingerprint density at radius 2 is 1.77 bits per heavy atom. The number of amides is 5. The number of piperidine rings is 1. The maximum atomic E-state index is 14.3. The summed E-state index contributed by atoms with van der Waals surface area (Å²) in [5.41, 5.74) is -2.80. The molecule has 1 atom stereocenters. The van der Waals surface area contributed by atoms with Gasteiger partial charge in [-0.15, -0.1) is 0 Å². The van der Waals surface area contributed by atoms with Crippen LogP contribution in [0.2, 0.25) is 0 Å². The molecule has 1 aromatic carbocycles. The van der Waals surface area contributed by atoms with Gasteiger partial charge in [-0.1, -0.05) is 13.8 Å². The van der Waals surface area contributed by atoms with Gasteiger partial charge in [0.2, 0.25) is 5.91 Å². The van der Waals surface area contributed by atoms with Crippen molar-refractivity contribution in [3.05, 3.63) is 59.7 Å². The number of likely N-dealkylation sites (tertiary alicyclic amines) is 1. The van der Waals surface area contributed by atoms with Crippen LogP contribution in [0.4, 0.5) is 28.0 Å². The second-order valence-electron chi connectivity index (χ2n) is 9.94. The van der Waals surface area contributed by atoms with Gasteiger partial charge in [0.15, 0.2) is 0 Å². The molecule has 2 fully saturated rings. The van der Waals surface area contributed by atoms with Crippen molar-refractivity contribution in [3.63, 3.8) is 0 Å². The number of rotatable bonds is 5. The number of halogens is 4. The topological polar surface area (TPSA) is 103 Å². The van der Waals surface area contributed by atoms with Crippen LogP contribution >= 0.6 is 0 Å². The predicted molar refractivity (Wildman–Crippen MR) is 131 cm³/mol. The van der Waals surface area contributed by atoms with Crippen LogP contribution in [0.5, 0.6) is 0 Å². The molecule has 1 aromatic heterocycles. The van der Waals surface area contributed by atoms with Crippen LogP contribution in [0, 0.1) is 11.7 Å². The van der Waals surface area contributed by atoms with Crippen LogP contribution in [0.15, 0.2) is 42.7 Å². The minimum absolute atomic E-state index is 0.0689. The Hall–Kier alpha value is -4.03. The Morgan fingerprint density at radius 3 is 2.33 bits per heavy atom. The molecule has 2 aliphatic rings. The van der Waals surface area contributed by atoms with E-state index < -0.39 is 64.4 Å². The SMILES string of the molecule is CC(C)[C@@H](NC(=O)c1cc(C(F)(F)F)ccc1F)C(=O)N1CCC2(CC1)C(=O)N(C)C(=O)N2c1cccnc1. The summed E-state index contributed by atoms with van der Waals surface area (Å²) in [6.45, 7) is 3.41. The van der Waals surface area contributed by atoms with Crippen molar-refractivity contribution in [1.82, 2.24) is 20.1 Å². The van der Waals surface area contributed by atoms with Crippen LogP contribution in [-0.4, -0.2) is 70.3 Å². The number of alkyl halides is 3. The third-order valence-corrected chi connectivity index (χ3v) is 7.17. The first-order valence-electron chi connectivity index (χ1n) is 12.3. The number of aromatic nitrogens is 1. The molecule has 5 amide bonds. The van der Waals surface area contributed by atoms with Crippen molar-refractivity contribution >= 4 is 29.4 Å². The smallest absolute Gasteiger partial charge is 0.341 e. The fraction of sp³-hybridized carbons (Fsp3) is 0.423. The summed E-state index contributed by atoms with van der Waals surface area (Å²) >= 11 is 0. The van der Waals surface area contributed by atoms with E-state index >= 15 is 0 Å². The van der Waals surface area contributed by atoms with E-state index in [4.69, 9.17) is 0 Å². The van der Waals surface area contributed by atoms with Gasteiger partial charge in [-0.3, -0.25) is 29.2 Å². The molecule has 0 saturated carbocycles. The Kier molecular flexibility index (Phi) is 7.37. The third kappa shape index (κ3) is 5.04. The molecule has 2 saturated heterocycles. The molecule has 39 heavy (non-hydrogen) atoms. The molecule has 0 radical (unpaired) electrons. The molecule has 2 aromatic rings. The molecule has 2 aliphatic heterocycles. The largest absolute Gasteiger partial charge is 0.416 e. The van der Waals surface area contributed by atoms with Crippen molar-refractivity contribution in [2.45, 2.75) is 44.4 Å². The highest BCUT2D eigenvalue weighted by atomic mass is 19.4. The number of nitrogens with zero attached hydrogens (tertiary/aromatic N) is 4. The number of imide groups is 1. The van der Waals surface area contributed by atoms with Crippen LogP contribution in [-0.2, 0) is 15.8 Å². The Bertz CT molecular complexity index is 1290. The minimum Gasteiger partial charge on any atom is -0.341 e. The molecule has 0 unspecified atom stereocenters. The van der Waals surface area contributed by atoms with Crippen molar-refractivity contribution < 1.29 is 36.7 Å². The molecule has 208 valence electrons. The number of carbonyl (C=O) groups excluding carboxylic acids is 4. The average molecular weight is 550 g/mol. The Labute approximate surface area is 221 Å². The van der Waals surface area contributed by atoms with Crippen molar-refractivity contribution in [1.29, 1.82) is 0 Å². The van der Waals surface area contributed by atoms with E-state index in [9.17, 15) is 36.7 Å². The third-order valence-electron chi connectivity index (χ3n) is 7.17. The van der Waals surface area contributed by atoms with Crippen LogP contribution in [0.25, 0.3) is 0 Å². The maximum absolute atomic E-state index is 14.3. The average Bonchev–Trinajstić information content (AvgIpc) is 3.07. The summed E-state index contributed by atoms with van der Waals surface area (Å²) in [6.07, 6.45) is -1.54. The fourth-order valence-corrected chi connectivity index (χ4v) is 5.01. The molecule has 3 heterocycles. The summed E-state index contributed by atoms with van der Waals surface area (Å²) in [5, 5.41) is 2.38. The molecule has 4 rings (SSSR count). The number of anilines is 1. The zero-order valence-corrected chi connectivity index (χ0v) is 21.5. The first-order chi connectivity index (χ1) is 18.3. The molecule has 0 aliphatic carbocycles. The van der Waals surface area contributed by atoms with Crippen LogP contribution < -0.4 is 10.2 Å². The summed E-state index contributed by atoms with van der Waals surface area (Å²) in [6, 6.07) is 3.11. The van der Waals surface area contributed by atoms with Gasteiger partial charge < -0.3 is 10.2 Å². The second kappa shape index (κ2) is 10.3. The molecule has 9 nitrogen and oxygen atoms in total. The number of pyridine rings is 1. The van der Waals surface area contributed by atoms with Gasteiger partial charge >= 0.3 is 12.2 Å². The molecular weight excluding hydrogens is 522 g/mol. The van der Waals surface area contributed by atoms with Gasteiger partial charge in [0.25, 0.3) is 11.8 Å². The first-order valence-corrected chi connectivity index (χ1v) is 12.3. The van der Waals surface area contributed by atoms with E-state index in [-0.39, 0.29) is 25.9 Å². The van der Waals surface area contributed by atoms with Gasteiger partial charge in [-0.05, 0) is 49.1 Å². The summed E-state index contributed by atoms with van der Waals surface area (Å²) < 4.78 is 53.5. The maximum Gasteiger partial charge on any atom is 0.416 e. The van der Waals surface area contributed by atoms with Gasteiger partial charge in [-0.25, -0.2) is 9.18 Å². The van der Waals surface area contributed by atoms with Crippen LogP contribution in [0.1, 0.15) is 42.6 Å². The zero-order chi connectivity index (χ0) is 28.7. The predicted octanol–water partition coefficient (Wildman–Crippen LogP) is 3.45. The summed E-state index contributed by atoms with van der Waals surface area (Å²) in [7, 11) is 1.39. The fourth-order valence-electron chi connectivity index (χ4n) is 5.01. The van der Waals surface area contributed by atoms with Crippen molar-refractivity contribution in [2.75, 3.05) is 25.0 Å². The second-order valence-corrected chi connectivity index (χ2v) is 9.94. The van der Waals surface area contributed by atoms with Crippen molar-refractivity contribution in [3.8, 4) is 0 Å². The minimum atomic E-state index is -4.78. The van der Waals surface area contributed by atoms with E-state index in [0.717, 1.165) is 4.90 Å². The quantitative estimate of drug-likeness (QED) is 0.455. The lowest BCUT2D eigenvalue weighted by Crippen LogP contribution is -2.60. The lowest BCUT2D eigenvalue weighted by Gasteiger charge is -2.43. The first kappa shape index (κ1) is 28.0. The standard InChI is InChI=1S/C26H27F4N5O4/c1-15(2)20(32-21(36)18-13-16(26(28,29)30)6-7-19(18)27)22(37)34-11-8-25(9-12-34)23(38)33(3)24(39)35(25)17-5-4-10-31-14-17/h4-7,10,13-15,20H,8-9,11-12H2,1-3H3,(H,32,36)/t20-/m1/s1. The molecular formula is C26H27F4N5O4. The van der Waals surface area contributed by atoms with Crippen LogP contribution in [0.3, 0.4) is 0 Å². The number of likely N-dealkylation sites (N-methyl/N-ethyl adjacent to an activating group) is 1. The highest BCUT2D eigenvalue weighted by molar-refractivity contribution is 6.16. The molecule has 13 heteroatoms. The monoisotopic (exact) mass is 549 g/mol. The highest BCUT2D eigenvalue weighted by Crippen LogP contribution is 2.40. The van der Waals surface area contributed by atoms with E-state index in [0.29, 0.717) is 23.9 Å². The molecule has 1 N–H and O–H groups in total. The van der Waals surface area contributed by atoms with E-state index in [1.54, 1.807) is 26.0 Å². The molecule has 0 bridgehead atoms. The summed E-state index contributed by atoms with van der Waals surface area (Å²) in [4.78, 5) is 60.2. The van der Waals surface area contributed by atoms with Gasteiger partial charge in [-0.2, -0.15) is 13.2 Å². The Balaban J connectivity index is 1.52. The zero-order valence-electron chi connectivity index (χ0n) is 21.5. The number of urea groups is 1. The summed E-state index contributed by atoms with van der Waals surface area (Å²) in [5.74, 6) is -3.73. The van der Waals surface area contributed by atoms with Gasteiger partial charge in [0.1, 0.15) is 17.4 Å². The number of hydrogen-bond acceptors (Lipinski definition) is 5. The van der Waals surface area contributed by atoms with Crippen molar-refractivity contribution in [2.24, 2.45) is 5.92 Å². The number of carbonyl (C=O) groups is 4. The van der Waals surface area contributed by atoms with Gasteiger partial charge in [0, 0.05) is 26.3 Å². The number of benzene rings is 1. The molecule has 1 spiro atoms. The lowest BCUT2D eigenvalue weighted by molar-refractivity contribution is -0.139. The lowest BCUT2D eigenvalue weighted by atomic mass is 9.85. The van der Waals surface area contributed by atoms with E-state index in [1.165, 1.54) is 29.2 Å². The number of hydrogen-bond donors (Lipinski definition) is 1. The van der Waals surface area contributed by atoms with Gasteiger partial charge in [0.05, 0.1) is 23.0 Å². The van der Waals surface area contributed by atoms with E-state index in [2.05, 4.69) is 10.3 Å². The number of nitrogens with one attached hydrogen (secondary N) is 1. The Morgan fingerprint density at radius 1 is 1.10 bits per heavy atom.